The molecule has 0 radical (unpaired) electrons. The van der Waals surface area contributed by atoms with Gasteiger partial charge in [0.15, 0.2) is 0 Å². The van der Waals surface area contributed by atoms with Crippen LogP contribution in [-0.2, 0) is 0 Å². The first-order valence-corrected chi connectivity index (χ1v) is 3.89. The molecule has 0 atom stereocenters. The molecule has 0 fully saturated rings. The predicted molar refractivity (Wildman–Crippen MR) is 49.5 cm³/mol. The summed E-state index contributed by atoms with van der Waals surface area (Å²) in [6.07, 6.45) is 1.69. The highest BCUT2D eigenvalue weighted by atomic mass is 14.7. The number of aromatic nitrogens is 1. The highest BCUT2D eigenvalue weighted by molar-refractivity contribution is 5.43. The molecule has 0 amide bonds. The van der Waals surface area contributed by atoms with E-state index in [1.165, 1.54) is 0 Å². The first-order chi connectivity index (χ1) is 5.20. The van der Waals surface area contributed by atoms with Crippen LogP contribution >= 0.6 is 0 Å². The monoisotopic (exact) mass is 152 g/mol. The second-order valence-electron chi connectivity index (χ2n) is 2.18. The molecule has 0 aliphatic carbocycles. The lowest BCUT2D eigenvalue weighted by atomic mass is 10.2. The fraction of sp³-hybridized carbons (Fsp3) is 0.444. The zero-order valence-corrected chi connectivity index (χ0v) is 7.68. The molecule has 0 spiro atoms. The molecular formula is C9H16N2. The molecule has 0 aliphatic heterocycles. The van der Waals surface area contributed by atoms with E-state index in [1.54, 1.807) is 6.20 Å². The average Bonchev–Trinajstić information content (AvgIpc) is 2.02. The summed E-state index contributed by atoms with van der Waals surface area (Å²) in [5, 5.41) is 0. The number of nitrogens with zero attached hydrogens (tertiary/aromatic N) is 1. The van der Waals surface area contributed by atoms with Gasteiger partial charge >= 0.3 is 0 Å². The third-order valence-electron chi connectivity index (χ3n) is 1.29. The number of anilines is 1. The highest BCUT2D eigenvalue weighted by Gasteiger charge is 1.91. The van der Waals surface area contributed by atoms with Crippen LogP contribution in [0.2, 0.25) is 0 Å². The zero-order chi connectivity index (χ0) is 8.85. The number of hydrogen-bond donors (Lipinski definition) is 1. The number of pyridine rings is 1. The van der Waals surface area contributed by atoms with Gasteiger partial charge in [-0.3, -0.25) is 4.98 Å². The highest BCUT2D eigenvalue weighted by Crippen LogP contribution is 2.07. The Kier molecular flexibility index (Phi) is 4.27. The first-order valence-electron chi connectivity index (χ1n) is 3.89. The second kappa shape index (κ2) is 4.72. The van der Waals surface area contributed by atoms with Gasteiger partial charge in [-0.15, -0.1) is 0 Å². The summed E-state index contributed by atoms with van der Waals surface area (Å²) >= 11 is 0. The molecule has 1 aromatic rings. The van der Waals surface area contributed by atoms with Gasteiger partial charge in [-0.25, -0.2) is 0 Å². The minimum absolute atomic E-state index is 0.764. The third-order valence-corrected chi connectivity index (χ3v) is 1.29. The summed E-state index contributed by atoms with van der Waals surface area (Å²) in [7, 11) is 0. The molecule has 11 heavy (non-hydrogen) atoms. The van der Waals surface area contributed by atoms with Gasteiger partial charge in [0.1, 0.15) is 0 Å². The minimum Gasteiger partial charge on any atom is -0.397 e. The maximum absolute atomic E-state index is 5.53. The van der Waals surface area contributed by atoms with E-state index in [-0.39, 0.29) is 0 Å². The van der Waals surface area contributed by atoms with Gasteiger partial charge in [-0.05, 0) is 25.5 Å². The van der Waals surface area contributed by atoms with Crippen LogP contribution in [0.1, 0.15) is 25.1 Å². The zero-order valence-electron chi connectivity index (χ0n) is 7.68. The number of aryl methyl sites for hydroxylation is 2. The standard InChI is InChI=1S/C7H10N2.C2H6/c1-5-3-6(2)9-4-7(5)8;1-2/h3-4H,8H2,1-2H3;1-2H3. The topological polar surface area (TPSA) is 38.9 Å². The second-order valence-corrected chi connectivity index (χ2v) is 2.18. The van der Waals surface area contributed by atoms with E-state index in [9.17, 15) is 0 Å². The summed E-state index contributed by atoms with van der Waals surface area (Å²) in [5.74, 6) is 0. The molecule has 0 saturated heterocycles. The van der Waals surface area contributed by atoms with Crippen LogP contribution < -0.4 is 5.73 Å². The van der Waals surface area contributed by atoms with Crippen molar-refractivity contribution in [1.82, 2.24) is 4.98 Å². The van der Waals surface area contributed by atoms with Crippen molar-refractivity contribution < 1.29 is 0 Å². The Labute approximate surface area is 68.5 Å². The molecule has 0 unspecified atom stereocenters. The van der Waals surface area contributed by atoms with Gasteiger partial charge < -0.3 is 5.73 Å². The number of nitrogens with two attached hydrogens (primary N) is 1. The lowest BCUT2D eigenvalue weighted by Gasteiger charge is -1.97. The molecule has 1 heterocycles. The number of rotatable bonds is 0. The van der Waals surface area contributed by atoms with Crippen LogP contribution in [0, 0.1) is 13.8 Å². The van der Waals surface area contributed by atoms with E-state index in [1.807, 2.05) is 33.8 Å². The Balaban J connectivity index is 0.000000461. The van der Waals surface area contributed by atoms with Crippen LogP contribution in [-0.4, -0.2) is 4.98 Å². The van der Waals surface area contributed by atoms with E-state index in [0.29, 0.717) is 0 Å². The quantitative estimate of drug-likeness (QED) is 0.619. The maximum Gasteiger partial charge on any atom is 0.0530 e. The summed E-state index contributed by atoms with van der Waals surface area (Å²) in [4.78, 5) is 4.01. The van der Waals surface area contributed by atoms with Crippen molar-refractivity contribution in [3.63, 3.8) is 0 Å². The van der Waals surface area contributed by atoms with E-state index < -0.39 is 0 Å². The molecule has 1 aromatic heterocycles. The minimum atomic E-state index is 0.764. The Bertz CT molecular complexity index is 219. The number of nitrogen functional groups attached to an aromatic ring is 1. The Morgan fingerprint density at radius 2 is 1.82 bits per heavy atom. The first kappa shape index (κ1) is 9.95. The molecule has 0 aliphatic rings. The van der Waals surface area contributed by atoms with Gasteiger partial charge in [0, 0.05) is 5.69 Å². The van der Waals surface area contributed by atoms with E-state index >= 15 is 0 Å². The van der Waals surface area contributed by atoms with Crippen molar-refractivity contribution in [1.29, 1.82) is 0 Å². The smallest absolute Gasteiger partial charge is 0.0530 e. The number of hydrogen-bond acceptors (Lipinski definition) is 2. The van der Waals surface area contributed by atoms with Gasteiger partial charge in [0.2, 0.25) is 0 Å². The maximum atomic E-state index is 5.53. The molecule has 0 bridgehead atoms. The third kappa shape index (κ3) is 3.03. The molecule has 0 aromatic carbocycles. The molecule has 2 heteroatoms. The molecule has 2 nitrogen and oxygen atoms in total. The van der Waals surface area contributed by atoms with Crippen molar-refractivity contribution in [3.8, 4) is 0 Å². The van der Waals surface area contributed by atoms with Gasteiger partial charge in [-0.1, -0.05) is 13.8 Å². The van der Waals surface area contributed by atoms with E-state index in [4.69, 9.17) is 5.73 Å². The Morgan fingerprint density at radius 1 is 1.27 bits per heavy atom. The van der Waals surface area contributed by atoms with Crippen molar-refractivity contribution in [2.24, 2.45) is 0 Å². The lowest BCUT2D eigenvalue weighted by Crippen LogP contribution is -1.91. The summed E-state index contributed by atoms with van der Waals surface area (Å²) in [5.41, 5.74) is 8.41. The average molecular weight is 152 g/mol. The fourth-order valence-corrected chi connectivity index (χ4v) is 0.707. The Hall–Kier alpha value is -1.05. The van der Waals surface area contributed by atoms with E-state index in [0.717, 1.165) is 16.9 Å². The summed E-state index contributed by atoms with van der Waals surface area (Å²) in [6, 6.07) is 1.97. The molecular weight excluding hydrogens is 136 g/mol. The van der Waals surface area contributed by atoms with E-state index in [2.05, 4.69) is 4.98 Å². The SMILES string of the molecule is CC.Cc1cc(C)c(N)cn1. The van der Waals surface area contributed by atoms with Crippen molar-refractivity contribution in [2.45, 2.75) is 27.7 Å². The molecule has 0 saturated carbocycles. The van der Waals surface area contributed by atoms with Crippen LogP contribution in [0.4, 0.5) is 5.69 Å². The fourth-order valence-electron chi connectivity index (χ4n) is 0.707. The molecule has 2 N–H and O–H groups in total. The van der Waals surface area contributed by atoms with Crippen LogP contribution in [0.15, 0.2) is 12.3 Å². The summed E-state index contributed by atoms with van der Waals surface area (Å²) < 4.78 is 0. The normalized spacial score (nSPS) is 8.36. The largest absolute Gasteiger partial charge is 0.397 e. The van der Waals surface area contributed by atoms with Crippen LogP contribution in [0.25, 0.3) is 0 Å². The van der Waals surface area contributed by atoms with Crippen molar-refractivity contribution in [2.75, 3.05) is 5.73 Å². The lowest BCUT2D eigenvalue weighted by molar-refractivity contribution is 1.18. The van der Waals surface area contributed by atoms with Crippen LogP contribution in [0.5, 0.6) is 0 Å². The van der Waals surface area contributed by atoms with Crippen LogP contribution in [0.3, 0.4) is 0 Å². The predicted octanol–water partition coefficient (Wildman–Crippen LogP) is 2.31. The molecule has 1 rings (SSSR count). The van der Waals surface area contributed by atoms with Gasteiger partial charge in [0.25, 0.3) is 0 Å². The molecule has 62 valence electrons. The van der Waals surface area contributed by atoms with Gasteiger partial charge in [-0.2, -0.15) is 0 Å². The Morgan fingerprint density at radius 3 is 2.18 bits per heavy atom. The van der Waals surface area contributed by atoms with Crippen molar-refractivity contribution >= 4 is 5.69 Å². The van der Waals surface area contributed by atoms with Crippen molar-refractivity contribution in [3.05, 3.63) is 23.5 Å². The summed E-state index contributed by atoms with van der Waals surface area (Å²) in [6.45, 7) is 7.93. The van der Waals surface area contributed by atoms with Gasteiger partial charge in [0.05, 0.1) is 11.9 Å².